The molecule has 0 saturated carbocycles. The van der Waals surface area contributed by atoms with Gasteiger partial charge in [0.05, 0.1) is 19.8 Å². The highest BCUT2D eigenvalue weighted by molar-refractivity contribution is 9.10. The summed E-state index contributed by atoms with van der Waals surface area (Å²) in [5, 5.41) is 3.48. The Morgan fingerprint density at radius 3 is 2.95 bits per heavy atom. The normalized spacial score (nSPS) is 16.5. The molecule has 1 aromatic rings. The summed E-state index contributed by atoms with van der Waals surface area (Å²) in [6, 6.07) is 6.10. The molecule has 1 N–H and O–H groups in total. The van der Waals surface area contributed by atoms with Gasteiger partial charge in [0.2, 0.25) is 0 Å². The van der Waals surface area contributed by atoms with E-state index in [-0.39, 0.29) is 6.04 Å². The smallest absolute Gasteiger partial charge is 0.119 e. The van der Waals surface area contributed by atoms with Crippen molar-refractivity contribution >= 4 is 15.9 Å². The van der Waals surface area contributed by atoms with Crippen LogP contribution in [0.5, 0.6) is 5.75 Å². The van der Waals surface area contributed by atoms with Crippen LogP contribution >= 0.6 is 15.9 Å². The van der Waals surface area contributed by atoms with Gasteiger partial charge in [0.15, 0.2) is 0 Å². The number of nitrogens with one attached hydrogen (secondary N) is 1. The molecule has 0 amide bonds. The van der Waals surface area contributed by atoms with Crippen molar-refractivity contribution in [2.24, 2.45) is 0 Å². The summed E-state index contributed by atoms with van der Waals surface area (Å²) in [5.41, 5.74) is 1.15. The van der Waals surface area contributed by atoms with Crippen LogP contribution in [0, 0.1) is 0 Å². The average molecular weight is 326 g/mol. The van der Waals surface area contributed by atoms with E-state index >= 15 is 0 Å². The molecule has 0 saturated heterocycles. The van der Waals surface area contributed by atoms with Crippen molar-refractivity contribution < 1.29 is 9.47 Å². The first-order chi connectivity index (χ1) is 9.26. The molecule has 0 radical (unpaired) electrons. The number of methoxy groups -OCH3 is 1. The molecular weight excluding hydrogens is 306 g/mol. The zero-order chi connectivity index (χ0) is 13.7. The van der Waals surface area contributed by atoms with E-state index < -0.39 is 0 Å². The van der Waals surface area contributed by atoms with Crippen LogP contribution in [0.1, 0.15) is 31.4 Å². The predicted molar refractivity (Wildman–Crippen MR) is 80.4 cm³/mol. The molecule has 104 valence electrons. The number of rotatable bonds is 5. The van der Waals surface area contributed by atoms with Gasteiger partial charge >= 0.3 is 0 Å². The maximum absolute atomic E-state index is 5.81. The van der Waals surface area contributed by atoms with E-state index in [4.69, 9.17) is 9.47 Å². The molecule has 1 aliphatic heterocycles. The number of hydrogen-bond donors (Lipinski definition) is 1. The minimum atomic E-state index is 0.0785. The second-order valence-electron chi connectivity index (χ2n) is 4.48. The lowest BCUT2D eigenvalue weighted by Crippen LogP contribution is -2.25. The molecular formula is C15H20BrNO2. The quantitative estimate of drug-likeness (QED) is 0.893. The fourth-order valence-electron chi connectivity index (χ4n) is 2.22. The first-order valence-corrected chi connectivity index (χ1v) is 7.45. The molecule has 4 heteroatoms. The van der Waals surface area contributed by atoms with E-state index in [2.05, 4.69) is 40.3 Å². The maximum atomic E-state index is 5.81. The van der Waals surface area contributed by atoms with Gasteiger partial charge < -0.3 is 14.8 Å². The lowest BCUT2D eigenvalue weighted by Gasteiger charge is -2.26. The Balaban J connectivity index is 2.34. The highest BCUT2D eigenvalue weighted by Crippen LogP contribution is 2.33. The fourth-order valence-corrected chi connectivity index (χ4v) is 2.69. The van der Waals surface area contributed by atoms with Crippen molar-refractivity contribution in [3.63, 3.8) is 0 Å². The van der Waals surface area contributed by atoms with Gasteiger partial charge in [-0.1, -0.05) is 22.9 Å². The van der Waals surface area contributed by atoms with Crippen molar-refractivity contribution in [2.75, 3.05) is 20.3 Å². The fraction of sp³-hybridized carbons (Fsp3) is 0.467. The highest BCUT2D eigenvalue weighted by atomic mass is 79.9. The van der Waals surface area contributed by atoms with Gasteiger partial charge in [0, 0.05) is 4.47 Å². The number of likely N-dealkylation sites (N-methyl/N-ethyl adjacent to an activating group) is 1. The van der Waals surface area contributed by atoms with Crippen LogP contribution < -0.4 is 10.1 Å². The van der Waals surface area contributed by atoms with Gasteiger partial charge in [-0.05, 0) is 49.2 Å². The van der Waals surface area contributed by atoms with Crippen LogP contribution in [0.3, 0.4) is 0 Å². The van der Waals surface area contributed by atoms with Gasteiger partial charge in [-0.25, -0.2) is 0 Å². The minimum Gasteiger partial charge on any atom is -0.497 e. The number of benzene rings is 1. The zero-order valence-corrected chi connectivity index (χ0v) is 13.0. The summed E-state index contributed by atoms with van der Waals surface area (Å²) in [5.74, 6) is 1.87. The average Bonchev–Trinajstić information content (AvgIpc) is 2.47. The highest BCUT2D eigenvalue weighted by Gasteiger charge is 2.21. The zero-order valence-electron chi connectivity index (χ0n) is 11.4. The molecule has 1 atom stereocenters. The summed E-state index contributed by atoms with van der Waals surface area (Å²) in [7, 11) is 1.69. The van der Waals surface area contributed by atoms with Gasteiger partial charge in [0.25, 0.3) is 0 Å². The summed E-state index contributed by atoms with van der Waals surface area (Å²) in [6.07, 6.45) is 4.36. The van der Waals surface area contributed by atoms with E-state index in [1.807, 2.05) is 12.1 Å². The van der Waals surface area contributed by atoms with Crippen LogP contribution in [0.4, 0.5) is 0 Å². The van der Waals surface area contributed by atoms with Crippen molar-refractivity contribution in [3.05, 3.63) is 40.1 Å². The molecule has 0 aliphatic carbocycles. The van der Waals surface area contributed by atoms with E-state index in [0.717, 1.165) is 47.5 Å². The number of allylic oxidation sites excluding steroid dienone is 1. The van der Waals surface area contributed by atoms with Crippen LogP contribution in [0.25, 0.3) is 0 Å². The lowest BCUT2D eigenvalue weighted by atomic mass is 10.0. The first kappa shape index (κ1) is 14.4. The molecule has 1 aromatic carbocycles. The Hall–Kier alpha value is -1.00. The van der Waals surface area contributed by atoms with E-state index in [1.165, 1.54) is 0 Å². The molecule has 0 bridgehead atoms. The van der Waals surface area contributed by atoms with Gasteiger partial charge in [-0.2, -0.15) is 0 Å². The number of halogens is 1. The predicted octanol–water partition coefficient (Wildman–Crippen LogP) is 3.80. The van der Waals surface area contributed by atoms with Crippen molar-refractivity contribution in [2.45, 2.75) is 25.8 Å². The SMILES string of the molecule is CCNC(C1=CCCCO1)c1cc(OC)ccc1Br. The number of ether oxygens (including phenoxy) is 2. The summed E-state index contributed by atoms with van der Waals surface area (Å²) in [6.45, 7) is 3.79. The monoisotopic (exact) mass is 325 g/mol. The topological polar surface area (TPSA) is 30.5 Å². The standard InChI is InChI=1S/C15H20BrNO2/c1-3-17-15(14-6-4-5-9-19-14)12-10-11(18-2)7-8-13(12)16/h6-8,10,15,17H,3-5,9H2,1-2H3. The first-order valence-electron chi connectivity index (χ1n) is 6.66. The van der Waals surface area contributed by atoms with Crippen molar-refractivity contribution in [3.8, 4) is 5.75 Å². The molecule has 19 heavy (non-hydrogen) atoms. The van der Waals surface area contributed by atoms with Crippen LogP contribution in [-0.2, 0) is 4.74 Å². The number of hydrogen-bond acceptors (Lipinski definition) is 3. The molecule has 0 fully saturated rings. The largest absolute Gasteiger partial charge is 0.497 e. The molecule has 1 heterocycles. The Morgan fingerprint density at radius 1 is 1.47 bits per heavy atom. The van der Waals surface area contributed by atoms with Crippen LogP contribution in [0.15, 0.2) is 34.5 Å². The molecule has 1 aliphatic rings. The van der Waals surface area contributed by atoms with Crippen LogP contribution in [-0.4, -0.2) is 20.3 Å². The third kappa shape index (κ3) is 3.51. The molecule has 3 nitrogen and oxygen atoms in total. The van der Waals surface area contributed by atoms with Gasteiger partial charge in [-0.3, -0.25) is 0 Å². The van der Waals surface area contributed by atoms with E-state index in [1.54, 1.807) is 7.11 Å². The molecule has 2 rings (SSSR count). The third-order valence-corrected chi connectivity index (χ3v) is 3.89. The Labute approximate surface area is 123 Å². The molecule has 1 unspecified atom stereocenters. The van der Waals surface area contributed by atoms with Gasteiger partial charge in [-0.15, -0.1) is 0 Å². The van der Waals surface area contributed by atoms with E-state index in [9.17, 15) is 0 Å². The Kier molecular flexibility index (Phi) is 5.28. The molecule has 0 spiro atoms. The third-order valence-electron chi connectivity index (χ3n) is 3.17. The second-order valence-corrected chi connectivity index (χ2v) is 5.33. The Morgan fingerprint density at radius 2 is 2.32 bits per heavy atom. The van der Waals surface area contributed by atoms with Gasteiger partial charge in [0.1, 0.15) is 11.5 Å². The van der Waals surface area contributed by atoms with Crippen molar-refractivity contribution in [1.29, 1.82) is 0 Å². The maximum Gasteiger partial charge on any atom is 0.119 e. The summed E-state index contributed by atoms with van der Waals surface area (Å²) < 4.78 is 12.2. The summed E-state index contributed by atoms with van der Waals surface area (Å²) in [4.78, 5) is 0. The summed E-state index contributed by atoms with van der Waals surface area (Å²) >= 11 is 3.62. The minimum absolute atomic E-state index is 0.0785. The Bertz CT molecular complexity index is 459. The van der Waals surface area contributed by atoms with E-state index in [0.29, 0.717) is 0 Å². The lowest BCUT2D eigenvalue weighted by molar-refractivity contribution is 0.168. The molecule has 0 aromatic heterocycles. The van der Waals surface area contributed by atoms with Crippen molar-refractivity contribution in [1.82, 2.24) is 5.32 Å². The van der Waals surface area contributed by atoms with Crippen LogP contribution in [0.2, 0.25) is 0 Å². The second kappa shape index (κ2) is 6.96.